The van der Waals surface area contributed by atoms with Crippen LogP contribution in [-0.4, -0.2) is 18.7 Å². The molecule has 0 fully saturated rings. The van der Waals surface area contributed by atoms with E-state index in [-0.39, 0.29) is 5.91 Å². The van der Waals surface area contributed by atoms with Gasteiger partial charge in [-0.1, -0.05) is 76.1 Å². The van der Waals surface area contributed by atoms with Crippen LogP contribution in [0.15, 0.2) is 53.6 Å². The summed E-state index contributed by atoms with van der Waals surface area (Å²) in [6, 6.07) is 15.1. The molecule has 0 aliphatic heterocycles. The molecule has 0 spiro atoms. The van der Waals surface area contributed by atoms with Gasteiger partial charge < -0.3 is 4.74 Å². The maximum absolute atomic E-state index is 12.2. The van der Waals surface area contributed by atoms with E-state index in [0.29, 0.717) is 5.56 Å². The van der Waals surface area contributed by atoms with E-state index in [9.17, 15) is 4.79 Å². The van der Waals surface area contributed by atoms with E-state index < -0.39 is 0 Å². The molecule has 0 saturated carbocycles. The Morgan fingerprint density at radius 3 is 2.28 bits per heavy atom. The Morgan fingerprint density at radius 2 is 1.59 bits per heavy atom. The fourth-order valence-electron chi connectivity index (χ4n) is 3.09. The standard InChI is InChI=1S/C25H34N2O2/c1-3-4-5-6-7-8-9-12-19-29-24-17-15-22(16-18-24)25(28)27-26-20-23-14-11-10-13-21(23)2/h10-11,13-18,20H,3-9,12,19H2,1-2H3,(H,27,28)/b26-20+. The predicted octanol–water partition coefficient (Wildman–Crippen LogP) is 6.28. The molecule has 0 radical (unpaired) electrons. The summed E-state index contributed by atoms with van der Waals surface area (Å²) >= 11 is 0. The largest absolute Gasteiger partial charge is 0.494 e. The molecule has 0 bridgehead atoms. The number of unbranched alkanes of at least 4 members (excludes halogenated alkanes) is 7. The number of benzene rings is 2. The lowest BCUT2D eigenvalue weighted by Crippen LogP contribution is -2.17. The second-order valence-corrected chi connectivity index (χ2v) is 7.40. The summed E-state index contributed by atoms with van der Waals surface area (Å²) in [5.74, 6) is 0.567. The third kappa shape index (κ3) is 8.95. The Labute approximate surface area is 175 Å². The molecule has 0 unspecified atom stereocenters. The van der Waals surface area contributed by atoms with Gasteiger partial charge in [0.1, 0.15) is 5.75 Å². The molecule has 2 aromatic rings. The molecule has 2 aromatic carbocycles. The average molecular weight is 395 g/mol. The lowest BCUT2D eigenvalue weighted by Gasteiger charge is -2.07. The van der Waals surface area contributed by atoms with Gasteiger partial charge >= 0.3 is 0 Å². The number of carbonyl (C=O) groups is 1. The third-order valence-electron chi connectivity index (χ3n) is 4.94. The number of hydrogen-bond donors (Lipinski definition) is 1. The lowest BCUT2D eigenvalue weighted by molar-refractivity contribution is 0.0955. The van der Waals surface area contributed by atoms with Crippen molar-refractivity contribution in [3.63, 3.8) is 0 Å². The number of hydrogen-bond acceptors (Lipinski definition) is 3. The van der Waals surface area contributed by atoms with E-state index in [2.05, 4.69) is 17.5 Å². The van der Waals surface area contributed by atoms with Crippen LogP contribution in [0.4, 0.5) is 0 Å². The van der Waals surface area contributed by atoms with Crippen molar-refractivity contribution in [2.24, 2.45) is 5.10 Å². The summed E-state index contributed by atoms with van der Waals surface area (Å²) in [5, 5.41) is 4.05. The van der Waals surface area contributed by atoms with Crippen LogP contribution in [0.25, 0.3) is 0 Å². The summed E-state index contributed by atoms with van der Waals surface area (Å²) in [6.45, 7) is 4.98. The van der Waals surface area contributed by atoms with Crippen molar-refractivity contribution in [3.05, 3.63) is 65.2 Å². The van der Waals surface area contributed by atoms with Gasteiger partial charge in [0, 0.05) is 5.56 Å². The Hall–Kier alpha value is -2.62. The monoisotopic (exact) mass is 394 g/mol. The maximum Gasteiger partial charge on any atom is 0.271 e. The summed E-state index contributed by atoms with van der Waals surface area (Å²) in [5.41, 5.74) is 5.23. The van der Waals surface area contributed by atoms with Crippen LogP contribution in [0.5, 0.6) is 5.75 Å². The highest BCUT2D eigenvalue weighted by molar-refractivity contribution is 5.95. The van der Waals surface area contributed by atoms with Gasteiger partial charge in [0.15, 0.2) is 0 Å². The van der Waals surface area contributed by atoms with E-state index >= 15 is 0 Å². The van der Waals surface area contributed by atoms with Crippen molar-refractivity contribution < 1.29 is 9.53 Å². The fraction of sp³-hybridized carbons (Fsp3) is 0.440. The quantitative estimate of drug-likeness (QED) is 0.247. The smallest absolute Gasteiger partial charge is 0.271 e. The number of nitrogens with one attached hydrogen (secondary N) is 1. The molecule has 156 valence electrons. The first-order valence-corrected chi connectivity index (χ1v) is 10.8. The molecule has 4 nitrogen and oxygen atoms in total. The van der Waals surface area contributed by atoms with Gasteiger partial charge in [-0.15, -0.1) is 0 Å². The Bertz CT molecular complexity index is 754. The lowest BCUT2D eigenvalue weighted by atomic mass is 10.1. The zero-order valence-corrected chi connectivity index (χ0v) is 17.8. The van der Waals surface area contributed by atoms with E-state index in [4.69, 9.17) is 4.74 Å². The van der Waals surface area contributed by atoms with Crippen molar-refractivity contribution in [3.8, 4) is 5.75 Å². The maximum atomic E-state index is 12.2. The predicted molar refractivity (Wildman–Crippen MR) is 121 cm³/mol. The summed E-state index contributed by atoms with van der Waals surface area (Å²) in [7, 11) is 0. The molecule has 2 rings (SSSR count). The molecule has 1 amide bonds. The third-order valence-corrected chi connectivity index (χ3v) is 4.94. The highest BCUT2D eigenvalue weighted by Gasteiger charge is 2.04. The van der Waals surface area contributed by atoms with Crippen molar-refractivity contribution in [1.29, 1.82) is 0 Å². The molecule has 0 atom stereocenters. The number of carbonyl (C=O) groups excluding carboxylic acids is 1. The minimum Gasteiger partial charge on any atom is -0.494 e. The second-order valence-electron chi connectivity index (χ2n) is 7.40. The van der Waals surface area contributed by atoms with Gasteiger partial charge in [-0.2, -0.15) is 5.10 Å². The first-order chi connectivity index (χ1) is 14.2. The van der Waals surface area contributed by atoms with Crippen LogP contribution < -0.4 is 10.2 Å². The van der Waals surface area contributed by atoms with Gasteiger partial charge in [0.25, 0.3) is 5.91 Å². The van der Waals surface area contributed by atoms with Gasteiger partial charge in [0.05, 0.1) is 12.8 Å². The fourth-order valence-corrected chi connectivity index (χ4v) is 3.09. The first kappa shape index (κ1) is 22.7. The number of ether oxygens (including phenoxy) is 1. The van der Waals surface area contributed by atoms with Crippen LogP contribution in [0.1, 0.15) is 79.8 Å². The minimum atomic E-state index is -0.232. The number of rotatable bonds is 13. The van der Waals surface area contributed by atoms with Crippen LogP contribution in [0.3, 0.4) is 0 Å². The van der Waals surface area contributed by atoms with Crippen molar-refractivity contribution in [2.75, 3.05) is 6.61 Å². The molecule has 0 heterocycles. The first-order valence-electron chi connectivity index (χ1n) is 10.8. The van der Waals surface area contributed by atoms with Gasteiger partial charge in [0.2, 0.25) is 0 Å². The number of amides is 1. The molecule has 0 saturated heterocycles. The van der Waals surface area contributed by atoms with Crippen molar-refractivity contribution >= 4 is 12.1 Å². The van der Waals surface area contributed by atoms with Crippen LogP contribution in [-0.2, 0) is 0 Å². The van der Waals surface area contributed by atoms with Gasteiger partial charge in [-0.3, -0.25) is 4.79 Å². The molecule has 29 heavy (non-hydrogen) atoms. The summed E-state index contributed by atoms with van der Waals surface area (Å²) < 4.78 is 5.78. The molecule has 0 aliphatic carbocycles. The average Bonchev–Trinajstić information content (AvgIpc) is 2.74. The van der Waals surface area contributed by atoms with Crippen LogP contribution >= 0.6 is 0 Å². The number of hydrazone groups is 1. The molecular weight excluding hydrogens is 360 g/mol. The zero-order valence-electron chi connectivity index (χ0n) is 17.8. The highest BCUT2D eigenvalue weighted by atomic mass is 16.5. The molecule has 0 aliphatic rings. The summed E-state index contributed by atoms with van der Waals surface area (Å²) in [6.07, 6.45) is 11.9. The number of aryl methyl sites for hydroxylation is 1. The molecular formula is C25H34N2O2. The SMILES string of the molecule is CCCCCCCCCCOc1ccc(C(=O)N/N=C/c2ccccc2C)cc1. The van der Waals surface area contributed by atoms with Gasteiger partial charge in [-0.05, 0) is 48.7 Å². The molecule has 1 N–H and O–H groups in total. The zero-order chi connectivity index (χ0) is 20.7. The molecule has 4 heteroatoms. The topological polar surface area (TPSA) is 50.7 Å². The van der Waals surface area contributed by atoms with E-state index in [1.165, 1.54) is 44.9 Å². The second kappa shape index (κ2) is 13.5. The van der Waals surface area contributed by atoms with Crippen molar-refractivity contribution in [2.45, 2.75) is 65.2 Å². The number of nitrogens with zero attached hydrogens (tertiary/aromatic N) is 1. The van der Waals surface area contributed by atoms with Crippen LogP contribution in [0, 0.1) is 6.92 Å². The Morgan fingerprint density at radius 1 is 0.931 bits per heavy atom. The highest BCUT2D eigenvalue weighted by Crippen LogP contribution is 2.14. The van der Waals surface area contributed by atoms with E-state index in [1.807, 2.05) is 43.3 Å². The minimum absolute atomic E-state index is 0.232. The van der Waals surface area contributed by atoms with Gasteiger partial charge in [-0.25, -0.2) is 5.43 Å². The summed E-state index contributed by atoms with van der Waals surface area (Å²) in [4.78, 5) is 12.2. The van der Waals surface area contributed by atoms with Crippen LogP contribution in [0.2, 0.25) is 0 Å². The molecule has 0 aromatic heterocycles. The van der Waals surface area contributed by atoms with E-state index in [0.717, 1.165) is 29.9 Å². The Balaban J connectivity index is 1.65. The van der Waals surface area contributed by atoms with Crippen molar-refractivity contribution in [1.82, 2.24) is 5.43 Å². The Kier molecular flexibility index (Phi) is 10.6. The normalized spacial score (nSPS) is 11.0. The van der Waals surface area contributed by atoms with E-state index in [1.54, 1.807) is 18.3 Å².